The third-order valence-electron chi connectivity index (χ3n) is 4.03. The predicted molar refractivity (Wildman–Crippen MR) is 75.1 cm³/mol. The molecular weight excluding hydrogens is 260 g/mol. The lowest BCUT2D eigenvalue weighted by molar-refractivity contribution is -0.132. The number of thiophene rings is 1. The minimum Gasteiger partial charge on any atom is -0.364 e. The third kappa shape index (κ3) is 2.68. The van der Waals surface area contributed by atoms with Crippen molar-refractivity contribution in [2.75, 3.05) is 6.54 Å². The van der Waals surface area contributed by atoms with Gasteiger partial charge in [-0.15, -0.1) is 11.3 Å². The zero-order valence-corrected chi connectivity index (χ0v) is 11.7. The Morgan fingerprint density at radius 3 is 3.16 bits per heavy atom. The number of carbonyl (C=O) groups is 1. The van der Waals surface area contributed by atoms with Crippen molar-refractivity contribution in [2.24, 2.45) is 5.73 Å². The van der Waals surface area contributed by atoms with Crippen LogP contribution in [0.5, 0.6) is 0 Å². The second kappa shape index (κ2) is 5.61. The van der Waals surface area contributed by atoms with Gasteiger partial charge in [-0.25, -0.2) is 0 Å². The van der Waals surface area contributed by atoms with Crippen LogP contribution >= 0.6 is 11.3 Å². The first-order valence-corrected chi connectivity index (χ1v) is 7.88. The molecule has 2 heterocycles. The molecule has 0 bridgehead atoms. The molecule has 0 spiro atoms. The van der Waals surface area contributed by atoms with E-state index < -0.39 is 0 Å². The maximum Gasteiger partial charge on any atom is 0.249 e. The maximum absolute atomic E-state index is 12.2. The summed E-state index contributed by atoms with van der Waals surface area (Å²) in [4.78, 5) is 13.7. The standard InChI is InChI=1S/C14H20N2O2S/c15-8-9-4-5-12(18-9)14(17)16-11-2-1-3-13-10(11)6-7-19-13/h6-7,9,11-12H,1-5,8,15H2,(H,16,17). The number of hydrogen-bond acceptors (Lipinski definition) is 4. The van der Waals surface area contributed by atoms with Crippen molar-refractivity contribution >= 4 is 17.2 Å². The number of rotatable bonds is 3. The fourth-order valence-electron chi connectivity index (χ4n) is 2.97. The van der Waals surface area contributed by atoms with Gasteiger partial charge in [0.25, 0.3) is 0 Å². The average Bonchev–Trinajstić information content (AvgIpc) is 3.08. The van der Waals surface area contributed by atoms with Crippen molar-refractivity contribution < 1.29 is 9.53 Å². The molecule has 0 aromatic carbocycles. The molecule has 3 atom stereocenters. The fourth-order valence-corrected chi connectivity index (χ4v) is 3.96. The molecule has 4 nitrogen and oxygen atoms in total. The van der Waals surface area contributed by atoms with E-state index >= 15 is 0 Å². The fraction of sp³-hybridized carbons (Fsp3) is 0.643. The van der Waals surface area contributed by atoms with Gasteiger partial charge < -0.3 is 15.8 Å². The van der Waals surface area contributed by atoms with E-state index in [1.165, 1.54) is 10.4 Å². The van der Waals surface area contributed by atoms with Gasteiger partial charge >= 0.3 is 0 Å². The number of amides is 1. The summed E-state index contributed by atoms with van der Waals surface area (Å²) in [6.07, 6.45) is 4.75. The molecule has 1 fully saturated rings. The summed E-state index contributed by atoms with van der Waals surface area (Å²) < 4.78 is 5.65. The molecule has 1 amide bonds. The largest absolute Gasteiger partial charge is 0.364 e. The number of aryl methyl sites for hydroxylation is 1. The van der Waals surface area contributed by atoms with Crippen LogP contribution in [0.15, 0.2) is 11.4 Å². The highest BCUT2D eigenvalue weighted by Crippen LogP contribution is 2.33. The smallest absolute Gasteiger partial charge is 0.249 e. The number of nitrogens with two attached hydrogens (primary N) is 1. The second-order valence-electron chi connectivity index (χ2n) is 5.31. The van der Waals surface area contributed by atoms with E-state index in [1.807, 2.05) is 0 Å². The summed E-state index contributed by atoms with van der Waals surface area (Å²) in [6.45, 7) is 0.502. The van der Waals surface area contributed by atoms with Crippen LogP contribution in [0.4, 0.5) is 0 Å². The Balaban J connectivity index is 1.62. The topological polar surface area (TPSA) is 64.4 Å². The van der Waals surface area contributed by atoms with Crippen molar-refractivity contribution in [3.63, 3.8) is 0 Å². The monoisotopic (exact) mass is 280 g/mol. The molecule has 19 heavy (non-hydrogen) atoms. The summed E-state index contributed by atoms with van der Waals surface area (Å²) in [7, 11) is 0. The SMILES string of the molecule is NCC1CCC(C(=O)NC2CCCc3sccc32)O1. The maximum atomic E-state index is 12.2. The average molecular weight is 280 g/mol. The Labute approximate surface area is 117 Å². The van der Waals surface area contributed by atoms with Crippen LogP contribution in [0.2, 0.25) is 0 Å². The lowest BCUT2D eigenvalue weighted by Gasteiger charge is -2.25. The van der Waals surface area contributed by atoms with E-state index in [0.29, 0.717) is 6.54 Å². The lowest BCUT2D eigenvalue weighted by Crippen LogP contribution is -2.38. The van der Waals surface area contributed by atoms with Crippen LogP contribution in [-0.4, -0.2) is 24.7 Å². The zero-order chi connectivity index (χ0) is 13.2. The van der Waals surface area contributed by atoms with Crippen molar-refractivity contribution in [1.29, 1.82) is 0 Å². The Bertz CT molecular complexity index is 460. The molecule has 5 heteroatoms. The van der Waals surface area contributed by atoms with Crippen LogP contribution < -0.4 is 11.1 Å². The van der Waals surface area contributed by atoms with Gasteiger partial charge in [0.2, 0.25) is 5.91 Å². The number of ether oxygens (including phenoxy) is 1. The zero-order valence-electron chi connectivity index (χ0n) is 10.9. The van der Waals surface area contributed by atoms with Gasteiger partial charge in [0.15, 0.2) is 0 Å². The molecule has 104 valence electrons. The Morgan fingerprint density at radius 2 is 2.37 bits per heavy atom. The van der Waals surface area contributed by atoms with E-state index in [-0.39, 0.29) is 24.2 Å². The van der Waals surface area contributed by atoms with E-state index in [4.69, 9.17) is 10.5 Å². The highest BCUT2D eigenvalue weighted by molar-refractivity contribution is 7.10. The number of fused-ring (bicyclic) bond motifs is 1. The lowest BCUT2D eigenvalue weighted by atomic mass is 9.94. The number of hydrogen-bond donors (Lipinski definition) is 2. The molecule has 0 radical (unpaired) electrons. The van der Waals surface area contributed by atoms with E-state index in [9.17, 15) is 4.79 Å². The molecule has 1 aromatic rings. The van der Waals surface area contributed by atoms with Crippen molar-refractivity contribution in [1.82, 2.24) is 5.32 Å². The summed E-state index contributed by atoms with van der Waals surface area (Å²) in [5.74, 6) is 0.0278. The van der Waals surface area contributed by atoms with Gasteiger partial charge in [-0.2, -0.15) is 0 Å². The first kappa shape index (κ1) is 13.1. The molecule has 1 aliphatic heterocycles. The van der Waals surface area contributed by atoms with E-state index in [0.717, 1.165) is 32.1 Å². The Kier molecular flexibility index (Phi) is 3.86. The van der Waals surface area contributed by atoms with Crippen molar-refractivity contribution in [2.45, 2.75) is 50.4 Å². The summed E-state index contributed by atoms with van der Waals surface area (Å²) in [5.41, 5.74) is 6.88. The molecule has 3 N–H and O–H groups in total. The van der Waals surface area contributed by atoms with E-state index in [2.05, 4.69) is 16.8 Å². The molecule has 3 rings (SSSR count). The van der Waals surface area contributed by atoms with Crippen LogP contribution in [0.25, 0.3) is 0 Å². The van der Waals surface area contributed by atoms with Crippen LogP contribution in [0.3, 0.4) is 0 Å². The minimum absolute atomic E-state index is 0.0278. The highest BCUT2D eigenvalue weighted by atomic mass is 32.1. The quantitative estimate of drug-likeness (QED) is 0.886. The Morgan fingerprint density at radius 1 is 1.47 bits per heavy atom. The molecule has 3 unspecified atom stereocenters. The first-order chi connectivity index (χ1) is 9.28. The Hall–Kier alpha value is -0.910. The number of carbonyl (C=O) groups excluding carboxylic acids is 1. The van der Waals surface area contributed by atoms with Crippen molar-refractivity contribution in [3.8, 4) is 0 Å². The molecular formula is C14H20N2O2S. The predicted octanol–water partition coefficient (Wildman–Crippen LogP) is 1.75. The van der Waals surface area contributed by atoms with Crippen LogP contribution in [0.1, 0.15) is 42.2 Å². The second-order valence-corrected chi connectivity index (χ2v) is 6.31. The summed E-state index contributed by atoms with van der Waals surface area (Å²) in [6, 6.07) is 2.31. The van der Waals surface area contributed by atoms with Crippen LogP contribution in [-0.2, 0) is 16.0 Å². The molecule has 1 aliphatic carbocycles. The highest BCUT2D eigenvalue weighted by Gasteiger charge is 2.32. The van der Waals surface area contributed by atoms with Gasteiger partial charge in [-0.1, -0.05) is 0 Å². The minimum atomic E-state index is -0.308. The van der Waals surface area contributed by atoms with Gasteiger partial charge in [0, 0.05) is 11.4 Å². The van der Waals surface area contributed by atoms with Gasteiger partial charge in [0.05, 0.1) is 12.1 Å². The molecule has 1 aromatic heterocycles. The summed E-state index contributed by atoms with van der Waals surface area (Å²) >= 11 is 1.79. The molecule has 2 aliphatic rings. The normalized spacial score (nSPS) is 30.1. The molecule has 1 saturated heterocycles. The third-order valence-corrected chi connectivity index (χ3v) is 5.03. The number of nitrogens with one attached hydrogen (secondary N) is 1. The van der Waals surface area contributed by atoms with Crippen LogP contribution in [0, 0.1) is 0 Å². The van der Waals surface area contributed by atoms with Gasteiger partial charge in [-0.05, 0) is 49.1 Å². The van der Waals surface area contributed by atoms with Gasteiger partial charge in [0.1, 0.15) is 6.10 Å². The first-order valence-electron chi connectivity index (χ1n) is 7.00. The van der Waals surface area contributed by atoms with Gasteiger partial charge in [-0.3, -0.25) is 4.79 Å². The van der Waals surface area contributed by atoms with Crippen molar-refractivity contribution in [3.05, 3.63) is 21.9 Å². The molecule has 0 saturated carbocycles. The van der Waals surface area contributed by atoms with E-state index in [1.54, 1.807) is 11.3 Å². The summed E-state index contributed by atoms with van der Waals surface area (Å²) in [5, 5.41) is 5.27.